The second-order valence-electron chi connectivity index (χ2n) is 5.45. The van der Waals surface area contributed by atoms with E-state index in [-0.39, 0.29) is 24.2 Å². The number of thiazole rings is 1. The second kappa shape index (κ2) is 5.88. The van der Waals surface area contributed by atoms with E-state index in [1.807, 2.05) is 32.0 Å². The number of nitrogens with zero attached hydrogens (tertiary/aromatic N) is 2. The van der Waals surface area contributed by atoms with Crippen molar-refractivity contribution in [1.82, 2.24) is 4.98 Å². The van der Waals surface area contributed by atoms with Crippen molar-refractivity contribution in [3.05, 3.63) is 40.9 Å². The zero-order chi connectivity index (χ0) is 15.7. The third-order valence-corrected chi connectivity index (χ3v) is 4.71. The van der Waals surface area contributed by atoms with Gasteiger partial charge in [-0.25, -0.2) is 4.98 Å². The summed E-state index contributed by atoms with van der Waals surface area (Å²) in [5.41, 5.74) is 3.12. The van der Waals surface area contributed by atoms with Gasteiger partial charge in [0.2, 0.25) is 11.8 Å². The van der Waals surface area contributed by atoms with E-state index in [0.717, 1.165) is 16.8 Å². The number of benzene rings is 1. The number of anilines is 2. The lowest BCUT2D eigenvalue weighted by Crippen LogP contribution is -2.28. The number of hydrogen-bond acceptors (Lipinski definition) is 4. The molecule has 0 saturated carbocycles. The van der Waals surface area contributed by atoms with Gasteiger partial charge in [0.1, 0.15) is 0 Å². The first-order valence-electron chi connectivity index (χ1n) is 7.13. The predicted octanol–water partition coefficient (Wildman–Crippen LogP) is 2.75. The fourth-order valence-electron chi connectivity index (χ4n) is 2.64. The molecule has 0 radical (unpaired) electrons. The van der Waals surface area contributed by atoms with Crippen molar-refractivity contribution in [3.8, 4) is 0 Å². The van der Waals surface area contributed by atoms with Crippen LogP contribution in [0.3, 0.4) is 0 Å². The molecular formula is C16H17N3O2S. The van der Waals surface area contributed by atoms with Crippen molar-refractivity contribution in [1.29, 1.82) is 0 Å². The fraction of sp³-hybridized carbons (Fsp3) is 0.312. The van der Waals surface area contributed by atoms with Crippen LogP contribution in [0.4, 0.5) is 10.8 Å². The van der Waals surface area contributed by atoms with Crippen LogP contribution in [-0.2, 0) is 9.59 Å². The maximum atomic E-state index is 12.3. The Balaban J connectivity index is 1.75. The maximum absolute atomic E-state index is 12.3. The number of carbonyl (C=O) groups excluding carboxylic acids is 2. The summed E-state index contributed by atoms with van der Waals surface area (Å²) in [6.45, 7) is 4.44. The van der Waals surface area contributed by atoms with Crippen molar-refractivity contribution >= 4 is 34.0 Å². The first-order chi connectivity index (χ1) is 10.6. The van der Waals surface area contributed by atoms with Crippen molar-refractivity contribution < 1.29 is 9.59 Å². The van der Waals surface area contributed by atoms with Gasteiger partial charge >= 0.3 is 0 Å². The molecular weight excluding hydrogens is 298 g/mol. The Labute approximate surface area is 133 Å². The monoisotopic (exact) mass is 315 g/mol. The molecule has 22 heavy (non-hydrogen) atoms. The molecule has 2 heterocycles. The van der Waals surface area contributed by atoms with Gasteiger partial charge in [0.25, 0.3) is 0 Å². The number of rotatable bonds is 3. The highest BCUT2D eigenvalue weighted by atomic mass is 32.1. The van der Waals surface area contributed by atoms with Gasteiger partial charge in [0, 0.05) is 30.2 Å². The molecule has 0 spiro atoms. The second-order valence-corrected chi connectivity index (χ2v) is 6.35. The molecule has 1 saturated heterocycles. The van der Waals surface area contributed by atoms with E-state index in [0.29, 0.717) is 11.7 Å². The van der Waals surface area contributed by atoms with Crippen LogP contribution in [-0.4, -0.2) is 23.3 Å². The molecule has 3 rings (SSSR count). The van der Waals surface area contributed by atoms with Crippen LogP contribution in [0.2, 0.25) is 0 Å². The summed E-state index contributed by atoms with van der Waals surface area (Å²) in [5, 5.41) is 5.15. The van der Waals surface area contributed by atoms with E-state index in [1.54, 1.807) is 16.5 Å². The maximum Gasteiger partial charge on any atom is 0.231 e. The molecule has 1 atom stereocenters. The van der Waals surface area contributed by atoms with Crippen molar-refractivity contribution in [2.45, 2.75) is 20.3 Å². The summed E-state index contributed by atoms with van der Waals surface area (Å²) < 4.78 is 0. The van der Waals surface area contributed by atoms with E-state index in [1.165, 1.54) is 11.3 Å². The highest BCUT2D eigenvalue weighted by molar-refractivity contribution is 7.13. The number of aryl methyl sites for hydroxylation is 1. The SMILES string of the molecule is Cc1cccc(N2C[C@@H](C(=O)Nc3nccs3)CC2=O)c1C. The number of amides is 2. The average molecular weight is 315 g/mol. The molecule has 1 fully saturated rings. The van der Waals surface area contributed by atoms with Gasteiger partial charge in [0.05, 0.1) is 5.92 Å². The summed E-state index contributed by atoms with van der Waals surface area (Å²) in [7, 11) is 0. The summed E-state index contributed by atoms with van der Waals surface area (Å²) in [6.07, 6.45) is 1.88. The molecule has 0 aliphatic carbocycles. The third kappa shape index (κ3) is 2.74. The Morgan fingerprint density at radius 2 is 2.23 bits per heavy atom. The number of hydrogen-bond donors (Lipinski definition) is 1. The Hall–Kier alpha value is -2.21. The molecule has 1 aliphatic heterocycles. The van der Waals surface area contributed by atoms with Gasteiger partial charge in [-0.2, -0.15) is 0 Å². The molecule has 6 heteroatoms. The van der Waals surface area contributed by atoms with Crippen LogP contribution >= 0.6 is 11.3 Å². The molecule has 1 N–H and O–H groups in total. The van der Waals surface area contributed by atoms with E-state index in [2.05, 4.69) is 10.3 Å². The molecule has 1 aliphatic rings. The number of aromatic nitrogens is 1. The Morgan fingerprint density at radius 3 is 2.95 bits per heavy atom. The average Bonchev–Trinajstić information content (AvgIpc) is 3.12. The molecule has 2 aromatic rings. The molecule has 2 amide bonds. The lowest BCUT2D eigenvalue weighted by molar-refractivity contribution is -0.122. The Morgan fingerprint density at radius 1 is 1.41 bits per heavy atom. The summed E-state index contributed by atoms with van der Waals surface area (Å²) in [5.74, 6) is -0.486. The quantitative estimate of drug-likeness (QED) is 0.947. The van der Waals surface area contributed by atoms with Crippen LogP contribution < -0.4 is 10.2 Å². The summed E-state index contributed by atoms with van der Waals surface area (Å²) >= 11 is 1.37. The minimum Gasteiger partial charge on any atom is -0.311 e. The smallest absolute Gasteiger partial charge is 0.231 e. The Bertz CT molecular complexity index is 712. The molecule has 5 nitrogen and oxygen atoms in total. The number of nitrogens with one attached hydrogen (secondary N) is 1. The van der Waals surface area contributed by atoms with Gasteiger partial charge in [-0.3, -0.25) is 9.59 Å². The molecule has 1 aromatic heterocycles. The van der Waals surface area contributed by atoms with Crippen LogP contribution in [0.1, 0.15) is 17.5 Å². The number of carbonyl (C=O) groups is 2. The third-order valence-electron chi connectivity index (χ3n) is 4.03. The van der Waals surface area contributed by atoms with Crippen molar-refractivity contribution in [2.75, 3.05) is 16.8 Å². The van der Waals surface area contributed by atoms with Crippen molar-refractivity contribution in [3.63, 3.8) is 0 Å². The Kier molecular flexibility index (Phi) is 3.94. The van der Waals surface area contributed by atoms with Gasteiger partial charge in [-0.1, -0.05) is 12.1 Å². The lowest BCUT2D eigenvalue weighted by atomic mass is 10.1. The van der Waals surface area contributed by atoms with Gasteiger partial charge in [0.15, 0.2) is 5.13 Å². The molecule has 0 unspecified atom stereocenters. The predicted molar refractivity (Wildman–Crippen MR) is 87.1 cm³/mol. The minimum atomic E-state index is -0.337. The zero-order valence-corrected chi connectivity index (χ0v) is 13.3. The van der Waals surface area contributed by atoms with Gasteiger partial charge in [-0.05, 0) is 31.0 Å². The highest BCUT2D eigenvalue weighted by Crippen LogP contribution is 2.30. The van der Waals surface area contributed by atoms with Crippen molar-refractivity contribution in [2.24, 2.45) is 5.92 Å². The highest BCUT2D eigenvalue weighted by Gasteiger charge is 2.36. The lowest BCUT2D eigenvalue weighted by Gasteiger charge is -2.20. The van der Waals surface area contributed by atoms with Crippen LogP contribution in [0.15, 0.2) is 29.8 Å². The fourth-order valence-corrected chi connectivity index (χ4v) is 3.17. The topological polar surface area (TPSA) is 62.3 Å². The van der Waals surface area contributed by atoms with E-state index in [4.69, 9.17) is 0 Å². The normalized spacial score (nSPS) is 17.8. The van der Waals surface area contributed by atoms with Crippen LogP contribution in [0.25, 0.3) is 0 Å². The molecule has 114 valence electrons. The molecule has 0 bridgehead atoms. The largest absolute Gasteiger partial charge is 0.311 e. The summed E-state index contributed by atoms with van der Waals surface area (Å²) in [4.78, 5) is 30.3. The summed E-state index contributed by atoms with van der Waals surface area (Å²) in [6, 6.07) is 5.89. The van der Waals surface area contributed by atoms with E-state index in [9.17, 15) is 9.59 Å². The zero-order valence-electron chi connectivity index (χ0n) is 12.5. The first kappa shape index (κ1) is 14.7. The van der Waals surface area contributed by atoms with E-state index < -0.39 is 0 Å². The van der Waals surface area contributed by atoms with Crippen LogP contribution in [0.5, 0.6) is 0 Å². The van der Waals surface area contributed by atoms with E-state index >= 15 is 0 Å². The van der Waals surface area contributed by atoms with Gasteiger partial charge in [-0.15, -0.1) is 11.3 Å². The first-order valence-corrected chi connectivity index (χ1v) is 8.01. The van der Waals surface area contributed by atoms with Gasteiger partial charge < -0.3 is 10.2 Å². The minimum absolute atomic E-state index is 0.00649. The molecule has 1 aromatic carbocycles. The standard InChI is InChI=1S/C16H17N3O2S/c1-10-4-3-5-13(11(10)2)19-9-12(8-14(19)20)15(21)18-16-17-6-7-22-16/h3-7,12H,8-9H2,1-2H3,(H,17,18,21)/t12-/m0/s1. The van der Waals surface area contributed by atoms with Crippen LogP contribution in [0, 0.1) is 19.8 Å².